The normalized spacial score (nSPS) is 10.7. The van der Waals surface area contributed by atoms with E-state index in [1.54, 1.807) is 13.1 Å². The van der Waals surface area contributed by atoms with Crippen molar-refractivity contribution in [3.63, 3.8) is 0 Å². The minimum Gasteiger partial charge on any atom is -0.467 e. The lowest BCUT2D eigenvalue weighted by Crippen LogP contribution is -1.97. The Morgan fingerprint density at radius 2 is 1.88 bits per heavy atom. The van der Waals surface area contributed by atoms with Crippen molar-refractivity contribution < 1.29 is 4.74 Å². The molecular formula is C12H12N4O. The molecule has 0 N–H and O–H groups in total. The number of aliphatic imine (C=N–C) groups is 1. The first-order chi connectivity index (χ1) is 8.28. The van der Waals surface area contributed by atoms with Crippen molar-refractivity contribution in [1.82, 2.24) is 15.0 Å². The van der Waals surface area contributed by atoms with Crippen LogP contribution in [0.5, 0.6) is 6.01 Å². The molecule has 2 rings (SSSR count). The van der Waals surface area contributed by atoms with E-state index in [2.05, 4.69) is 19.9 Å². The molecule has 0 aliphatic carbocycles. The van der Waals surface area contributed by atoms with Gasteiger partial charge in [-0.05, 0) is 12.5 Å². The highest BCUT2D eigenvalue weighted by molar-refractivity contribution is 5.80. The van der Waals surface area contributed by atoms with Crippen molar-refractivity contribution in [1.29, 1.82) is 0 Å². The van der Waals surface area contributed by atoms with Crippen LogP contribution in [0.25, 0.3) is 0 Å². The molecule has 0 aliphatic rings. The van der Waals surface area contributed by atoms with Crippen LogP contribution >= 0.6 is 0 Å². The molecule has 86 valence electrons. The number of rotatable bonds is 3. The van der Waals surface area contributed by atoms with Gasteiger partial charge in [0.1, 0.15) is 5.82 Å². The van der Waals surface area contributed by atoms with E-state index in [1.807, 2.05) is 30.3 Å². The van der Waals surface area contributed by atoms with E-state index in [-0.39, 0.29) is 6.01 Å². The van der Waals surface area contributed by atoms with Gasteiger partial charge in [-0.15, -0.1) is 0 Å². The Kier molecular flexibility index (Phi) is 3.40. The van der Waals surface area contributed by atoms with Crippen molar-refractivity contribution in [3.8, 4) is 6.01 Å². The third-order valence-electron chi connectivity index (χ3n) is 2.03. The monoisotopic (exact) mass is 228 g/mol. The molecule has 0 aliphatic heterocycles. The molecule has 1 heterocycles. The van der Waals surface area contributed by atoms with Gasteiger partial charge in [0, 0.05) is 6.21 Å². The second kappa shape index (κ2) is 5.16. The molecular weight excluding hydrogens is 216 g/mol. The first-order valence-electron chi connectivity index (χ1n) is 5.14. The standard InChI is InChI=1S/C12H12N4O/c1-9-14-11(16-12(15-9)17-2)13-8-10-6-4-3-5-7-10/h3-8H,1-2H3/b13-8+. The summed E-state index contributed by atoms with van der Waals surface area (Å²) in [5, 5.41) is 0. The van der Waals surface area contributed by atoms with E-state index in [0.29, 0.717) is 11.8 Å². The number of aryl methyl sites for hydroxylation is 1. The van der Waals surface area contributed by atoms with Gasteiger partial charge in [0.05, 0.1) is 7.11 Å². The second-order valence-corrected chi connectivity index (χ2v) is 3.34. The minimum atomic E-state index is 0.276. The molecule has 0 bridgehead atoms. The van der Waals surface area contributed by atoms with Crippen LogP contribution in [-0.2, 0) is 0 Å². The molecule has 0 amide bonds. The molecule has 1 aromatic heterocycles. The predicted molar refractivity (Wildman–Crippen MR) is 64.8 cm³/mol. The van der Waals surface area contributed by atoms with E-state index in [0.717, 1.165) is 5.56 Å². The molecule has 0 saturated carbocycles. The van der Waals surface area contributed by atoms with E-state index >= 15 is 0 Å². The Morgan fingerprint density at radius 3 is 2.59 bits per heavy atom. The predicted octanol–water partition coefficient (Wildman–Crippen LogP) is 1.94. The minimum absolute atomic E-state index is 0.276. The largest absolute Gasteiger partial charge is 0.467 e. The number of nitrogens with zero attached hydrogens (tertiary/aromatic N) is 4. The van der Waals surface area contributed by atoms with E-state index in [4.69, 9.17) is 4.74 Å². The molecule has 0 fully saturated rings. The average Bonchev–Trinajstić information content (AvgIpc) is 2.37. The summed E-state index contributed by atoms with van der Waals surface area (Å²) in [6.07, 6.45) is 1.70. The van der Waals surface area contributed by atoms with Gasteiger partial charge in [-0.25, -0.2) is 4.99 Å². The number of methoxy groups -OCH3 is 1. The van der Waals surface area contributed by atoms with Crippen LogP contribution in [0.15, 0.2) is 35.3 Å². The molecule has 0 saturated heterocycles. The molecule has 5 heteroatoms. The maximum Gasteiger partial charge on any atom is 0.321 e. The van der Waals surface area contributed by atoms with Crippen molar-refractivity contribution >= 4 is 12.2 Å². The Balaban J connectivity index is 2.24. The topological polar surface area (TPSA) is 60.3 Å². The molecule has 2 aromatic rings. The second-order valence-electron chi connectivity index (χ2n) is 3.34. The number of hydrogen-bond acceptors (Lipinski definition) is 5. The lowest BCUT2D eigenvalue weighted by molar-refractivity contribution is 0.377. The third kappa shape index (κ3) is 3.07. The zero-order valence-corrected chi connectivity index (χ0v) is 9.66. The summed E-state index contributed by atoms with van der Waals surface area (Å²) in [6, 6.07) is 10.0. The summed E-state index contributed by atoms with van der Waals surface area (Å²) < 4.78 is 4.95. The lowest BCUT2D eigenvalue weighted by atomic mass is 10.2. The lowest BCUT2D eigenvalue weighted by Gasteiger charge is -1.99. The quantitative estimate of drug-likeness (QED) is 0.753. The fourth-order valence-corrected chi connectivity index (χ4v) is 1.26. The van der Waals surface area contributed by atoms with E-state index in [1.165, 1.54) is 7.11 Å². The highest BCUT2D eigenvalue weighted by Gasteiger charge is 2.01. The summed E-state index contributed by atoms with van der Waals surface area (Å²) in [6.45, 7) is 1.77. The van der Waals surface area contributed by atoms with Gasteiger partial charge in [-0.1, -0.05) is 30.3 Å². The van der Waals surface area contributed by atoms with Gasteiger partial charge in [0.2, 0.25) is 0 Å². The van der Waals surface area contributed by atoms with Crippen LogP contribution in [0, 0.1) is 6.92 Å². The van der Waals surface area contributed by atoms with Gasteiger partial charge in [0.15, 0.2) is 0 Å². The highest BCUT2D eigenvalue weighted by atomic mass is 16.5. The average molecular weight is 228 g/mol. The smallest absolute Gasteiger partial charge is 0.321 e. The third-order valence-corrected chi connectivity index (χ3v) is 2.03. The van der Waals surface area contributed by atoms with Crippen LogP contribution in [0.4, 0.5) is 5.95 Å². The van der Waals surface area contributed by atoms with Crippen LogP contribution in [-0.4, -0.2) is 28.3 Å². The molecule has 5 nitrogen and oxygen atoms in total. The highest BCUT2D eigenvalue weighted by Crippen LogP contribution is 2.09. The summed E-state index contributed by atoms with van der Waals surface area (Å²) in [5.41, 5.74) is 0.990. The van der Waals surface area contributed by atoms with Crippen molar-refractivity contribution in [2.75, 3.05) is 7.11 Å². The van der Waals surface area contributed by atoms with Gasteiger partial charge in [-0.2, -0.15) is 15.0 Å². The fraction of sp³-hybridized carbons (Fsp3) is 0.167. The van der Waals surface area contributed by atoms with Crippen molar-refractivity contribution in [2.24, 2.45) is 4.99 Å². The molecule has 17 heavy (non-hydrogen) atoms. The van der Waals surface area contributed by atoms with Gasteiger partial charge < -0.3 is 4.74 Å². The Bertz CT molecular complexity index is 525. The van der Waals surface area contributed by atoms with Gasteiger partial charge >= 0.3 is 6.01 Å². The molecule has 1 aromatic carbocycles. The van der Waals surface area contributed by atoms with Crippen LogP contribution in [0.3, 0.4) is 0 Å². The number of aromatic nitrogens is 3. The molecule has 0 atom stereocenters. The Labute approximate surface area is 99.3 Å². The first-order valence-corrected chi connectivity index (χ1v) is 5.14. The summed E-state index contributed by atoms with van der Waals surface area (Å²) in [7, 11) is 1.51. The Morgan fingerprint density at radius 1 is 1.12 bits per heavy atom. The fourth-order valence-electron chi connectivity index (χ4n) is 1.26. The zero-order chi connectivity index (χ0) is 12.1. The van der Waals surface area contributed by atoms with Crippen LogP contribution < -0.4 is 4.74 Å². The van der Waals surface area contributed by atoms with Crippen LogP contribution in [0.1, 0.15) is 11.4 Å². The Hall–Kier alpha value is -2.30. The van der Waals surface area contributed by atoms with E-state index < -0.39 is 0 Å². The van der Waals surface area contributed by atoms with Crippen molar-refractivity contribution in [2.45, 2.75) is 6.92 Å². The van der Waals surface area contributed by atoms with E-state index in [9.17, 15) is 0 Å². The molecule has 0 spiro atoms. The summed E-state index contributed by atoms with van der Waals surface area (Å²) in [5.74, 6) is 0.926. The first kappa shape index (κ1) is 11.2. The van der Waals surface area contributed by atoms with Crippen molar-refractivity contribution in [3.05, 3.63) is 41.7 Å². The SMILES string of the molecule is COc1nc(C)nc(/N=C/c2ccccc2)n1. The summed E-state index contributed by atoms with van der Waals surface area (Å²) in [4.78, 5) is 16.3. The number of hydrogen-bond donors (Lipinski definition) is 0. The van der Waals surface area contributed by atoms with Gasteiger partial charge in [0.25, 0.3) is 5.95 Å². The molecule has 0 radical (unpaired) electrons. The van der Waals surface area contributed by atoms with Gasteiger partial charge in [-0.3, -0.25) is 0 Å². The number of ether oxygens (including phenoxy) is 1. The molecule has 0 unspecified atom stereocenters. The number of benzene rings is 1. The summed E-state index contributed by atoms with van der Waals surface area (Å²) >= 11 is 0. The van der Waals surface area contributed by atoms with Crippen LogP contribution in [0.2, 0.25) is 0 Å². The maximum absolute atomic E-state index is 4.95. The zero-order valence-electron chi connectivity index (χ0n) is 9.66. The maximum atomic E-state index is 4.95.